The van der Waals surface area contributed by atoms with Gasteiger partial charge in [-0.3, -0.25) is 4.79 Å². The lowest BCUT2D eigenvalue weighted by molar-refractivity contribution is 0.0905. The van der Waals surface area contributed by atoms with E-state index in [1.54, 1.807) is 0 Å². The summed E-state index contributed by atoms with van der Waals surface area (Å²) >= 11 is 0. The van der Waals surface area contributed by atoms with Gasteiger partial charge in [-0.2, -0.15) is 0 Å². The molecule has 1 N–H and O–H groups in total. The lowest BCUT2D eigenvalue weighted by Gasteiger charge is -2.08. The Balaban J connectivity index is 2.36. The van der Waals surface area contributed by atoms with E-state index >= 15 is 0 Å². The molecule has 0 saturated carbocycles. The molecule has 0 heterocycles. The number of ether oxygens (including phenoxy) is 1. The van der Waals surface area contributed by atoms with Crippen LogP contribution in [0.1, 0.15) is 30.6 Å². The highest BCUT2D eigenvalue weighted by molar-refractivity contribution is 5.94. The van der Waals surface area contributed by atoms with Gasteiger partial charge in [0.25, 0.3) is 5.91 Å². The zero-order valence-corrected chi connectivity index (χ0v) is 11.5. The Morgan fingerprint density at radius 2 is 1.80 bits per heavy atom. The highest BCUT2D eigenvalue weighted by atomic mass is 19.2. The highest BCUT2D eigenvalue weighted by Gasteiger charge is 2.14. The van der Waals surface area contributed by atoms with Crippen molar-refractivity contribution in [1.29, 1.82) is 0 Å². The molecule has 0 radical (unpaired) electrons. The molecule has 0 unspecified atom stereocenters. The molecule has 0 spiro atoms. The second-order valence-corrected chi connectivity index (χ2v) is 4.80. The van der Waals surface area contributed by atoms with Gasteiger partial charge < -0.3 is 10.1 Å². The van der Waals surface area contributed by atoms with Crippen molar-refractivity contribution >= 4 is 5.91 Å². The molecule has 3 nitrogen and oxygen atoms in total. The number of hydrogen-bond donors (Lipinski definition) is 1. The van der Waals surface area contributed by atoms with Crippen molar-refractivity contribution in [1.82, 2.24) is 5.32 Å². The second-order valence-electron chi connectivity index (χ2n) is 4.80. The Morgan fingerprint density at radius 3 is 2.35 bits per heavy atom. The molecular formula is C14H18F3NO2. The zero-order valence-electron chi connectivity index (χ0n) is 11.5. The SMILES string of the molecule is CC(C)CCOCCNC(=O)c1cc(F)c(F)c(F)c1. The smallest absolute Gasteiger partial charge is 0.251 e. The third-order valence-corrected chi connectivity index (χ3v) is 2.62. The molecule has 0 bridgehead atoms. The summed E-state index contributed by atoms with van der Waals surface area (Å²) in [5.41, 5.74) is -0.261. The maximum atomic E-state index is 12.9. The fraction of sp³-hybridized carbons (Fsp3) is 0.500. The van der Waals surface area contributed by atoms with Crippen molar-refractivity contribution in [3.05, 3.63) is 35.1 Å². The minimum absolute atomic E-state index is 0.220. The molecule has 1 rings (SSSR count). The van der Waals surface area contributed by atoms with Gasteiger partial charge in [0.05, 0.1) is 6.61 Å². The fourth-order valence-electron chi connectivity index (χ4n) is 1.45. The number of hydrogen-bond acceptors (Lipinski definition) is 2. The molecule has 1 amide bonds. The summed E-state index contributed by atoms with van der Waals surface area (Å²) in [5.74, 6) is -4.49. The van der Waals surface area contributed by atoms with Crippen LogP contribution in [0.4, 0.5) is 13.2 Å². The van der Waals surface area contributed by atoms with Crippen LogP contribution in [0.3, 0.4) is 0 Å². The van der Waals surface area contributed by atoms with Crippen LogP contribution in [0.25, 0.3) is 0 Å². The van der Waals surface area contributed by atoms with Crippen molar-refractivity contribution in [2.75, 3.05) is 19.8 Å². The fourth-order valence-corrected chi connectivity index (χ4v) is 1.45. The summed E-state index contributed by atoms with van der Waals surface area (Å²) in [4.78, 5) is 11.6. The minimum atomic E-state index is -1.58. The van der Waals surface area contributed by atoms with Crippen LogP contribution < -0.4 is 5.32 Å². The molecule has 0 atom stereocenters. The van der Waals surface area contributed by atoms with E-state index in [0.29, 0.717) is 31.3 Å². The summed E-state index contributed by atoms with van der Waals surface area (Å²) in [6.07, 6.45) is 0.919. The number of halogens is 3. The van der Waals surface area contributed by atoms with Crippen molar-refractivity contribution in [2.45, 2.75) is 20.3 Å². The first-order valence-corrected chi connectivity index (χ1v) is 6.42. The van der Waals surface area contributed by atoms with Gasteiger partial charge in [0.1, 0.15) is 0 Å². The van der Waals surface area contributed by atoms with Gasteiger partial charge >= 0.3 is 0 Å². The van der Waals surface area contributed by atoms with E-state index in [9.17, 15) is 18.0 Å². The van der Waals surface area contributed by atoms with E-state index in [1.807, 2.05) is 0 Å². The summed E-state index contributed by atoms with van der Waals surface area (Å²) in [6, 6.07) is 1.32. The lowest BCUT2D eigenvalue weighted by Crippen LogP contribution is -2.27. The molecule has 1 aromatic carbocycles. The molecule has 20 heavy (non-hydrogen) atoms. The Bertz CT molecular complexity index is 441. The third kappa shape index (κ3) is 5.21. The van der Waals surface area contributed by atoms with Gasteiger partial charge in [0.2, 0.25) is 0 Å². The van der Waals surface area contributed by atoms with Gasteiger partial charge in [-0.1, -0.05) is 13.8 Å². The van der Waals surface area contributed by atoms with E-state index < -0.39 is 23.4 Å². The first-order valence-electron chi connectivity index (χ1n) is 6.42. The van der Waals surface area contributed by atoms with E-state index in [-0.39, 0.29) is 12.1 Å². The second kappa shape index (κ2) is 7.89. The maximum absolute atomic E-state index is 12.9. The first-order chi connectivity index (χ1) is 9.41. The van der Waals surface area contributed by atoms with Crippen molar-refractivity contribution < 1.29 is 22.7 Å². The zero-order chi connectivity index (χ0) is 15.1. The molecule has 0 aromatic heterocycles. The van der Waals surface area contributed by atoms with Crippen molar-refractivity contribution in [3.63, 3.8) is 0 Å². The number of benzene rings is 1. The van der Waals surface area contributed by atoms with Gasteiger partial charge in [-0.25, -0.2) is 13.2 Å². The largest absolute Gasteiger partial charge is 0.380 e. The number of carbonyl (C=O) groups is 1. The van der Waals surface area contributed by atoms with Crippen molar-refractivity contribution in [2.24, 2.45) is 5.92 Å². The van der Waals surface area contributed by atoms with Crippen LogP contribution in [0.15, 0.2) is 12.1 Å². The van der Waals surface area contributed by atoms with Crippen molar-refractivity contribution in [3.8, 4) is 0 Å². The number of nitrogens with one attached hydrogen (secondary N) is 1. The van der Waals surface area contributed by atoms with Crippen LogP contribution in [-0.4, -0.2) is 25.7 Å². The Morgan fingerprint density at radius 1 is 1.20 bits per heavy atom. The quantitative estimate of drug-likeness (QED) is 0.619. The van der Waals surface area contributed by atoms with Crippen LogP contribution in [0, 0.1) is 23.4 Å². The molecule has 1 aromatic rings. The predicted molar refractivity (Wildman–Crippen MR) is 68.9 cm³/mol. The normalized spacial score (nSPS) is 10.9. The average Bonchev–Trinajstić information content (AvgIpc) is 2.38. The number of amides is 1. The summed E-state index contributed by atoms with van der Waals surface area (Å²) in [6.45, 7) is 5.26. The summed E-state index contributed by atoms with van der Waals surface area (Å²) in [5, 5.41) is 2.44. The van der Waals surface area contributed by atoms with Gasteiger partial charge in [0, 0.05) is 18.7 Å². The Labute approximate surface area is 116 Å². The maximum Gasteiger partial charge on any atom is 0.251 e. The van der Waals surface area contributed by atoms with Crippen LogP contribution in [-0.2, 0) is 4.74 Å². The summed E-state index contributed by atoms with van der Waals surface area (Å²) < 4.78 is 43.9. The molecule has 112 valence electrons. The van der Waals surface area contributed by atoms with Gasteiger partial charge in [0.15, 0.2) is 17.5 Å². The Hall–Kier alpha value is -1.56. The summed E-state index contributed by atoms with van der Waals surface area (Å²) in [7, 11) is 0. The predicted octanol–water partition coefficient (Wildman–Crippen LogP) is 2.90. The number of carbonyl (C=O) groups excluding carboxylic acids is 1. The minimum Gasteiger partial charge on any atom is -0.380 e. The molecule has 0 aliphatic rings. The van der Waals surface area contributed by atoms with E-state index in [0.717, 1.165) is 6.42 Å². The standard InChI is InChI=1S/C14H18F3NO2/c1-9(2)3-5-20-6-4-18-14(19)10-7-11(15)13(17)12(16)8-10/h7-9H,3-6H2,1-2H3,(H,18,19). The topological polar surface area (TPSA) is 38.3 Å². The molecule has 0 aliphatic heterocycles. The molecular weight excluding hydrogens is 271 g/mol. The van der Waals surface area contributed by atoms with Crippen LogP contribution in [0.5, 0.6) is 0 Å². The van der Waals surface area contributed by atoms with Gasteiger partial charge in [-0.05, 0) is 24.5 Å². The monoisotopic (exact) mass is 289 g/mol. The Kier molecular flexibility index (Phi) is 6.51. The van der Waals surface area contributed by atoms with Crippen LogP contribution in [0.2, 0.25) is 0 Å². The van der Waals surface area contributed by atoms with Gasteiger partial charge in [-0.15, -0.1) is 0 Å². The number of rotatable bonds is 7. The molecule has 0 saturated heterocycles. The highest BCUT2D eigenvalue weighted by Crippen LogP contribution is 2.13. The van der Waals surface area contributed by atoms with E-state index in [2.05, 4.69) is 19.2 Å². The van der Waals surface area contributed by atoms with E-state index in [4.69, 9.17) is 4.74 Å². The lowest BCUT2D eigenvalue weighted by atomic mass is 10.1. The average molecular weight is 289 g/mol. The molecule has 6 heteroatoms. The first kappa shape index (κ1) is 16.5. The third-order valence-electron chi connectivity index (χ3n) is 2.62. The molecule has 0 aliphatic carbocycles. The van der Waals surface area contributed by atoms with Crippen LogP contribution >= 0.6 is 0 Å². The van der Waals surface area contributed by atoms with E-state index in [1.165, 1.54) is 0 Å². The molecule has 0 fully saturated rings.